The van der Waals surface area contributed by atoms with E-state index in [0.717, 1.165) is 18.0 Å². The van der Waals surface area contributed by atoms with E-state index in [0.29, 0.717) is 5.92 Å². The molecule has 0 saturated carbocycles. The maximum Gasteiger partial charge on any atom is 0.117 e. The molecule has 0 spiro atoms. The van der Waals surface area contributed by atoms with Crippen LogP contribution in [0.5, 0.6) is 0 Å². The Kier molecular flexibility index (Phi) is 5.01. The molecule has 3 nitrogen and oxygen atoms in total. The molecule has 1 aliphatic carbocycles. The van der Waals surface area contributed by atoms with Crippen LogP contribution >= 0.6 is 0 Å². The Morgan fingerprint density at radius 2 is 2.18 bits per heavy atom. The molecule has 0 saturated heterocycles. The molecule has 1 unspecified atom stereocenters. The largest absolute Gasteiger partial charge is 0.497 e. The number of hydrogen-bond donors (Lipinski definition) is 0. The number of aliphatic imine (C=N–C) groups is 1. The van der Waals surface area contributed by atoms with E-state index in [9.17, 15) is 0 Å². The van der Waals surface area contributed by atoms with Gasteiger partial charge in [0, 0.05) is 19.7 Å². The van der Waals surface area contributed by atoms with Crippen LogP contribution in [0.2, 0.25) is 0 Å². The first-order chi connectivity index (χ1) is 8.06. The van der Waals surface area contributed by atoms with Gasteiger partial charge in [0.15, 0.2) is 0 Å². The minimum Gasteiger partial charge on any atom is -0.497 e. The number of allylic oxidation sites excluding steroid dienone is 4. The minimum atomic E-state index is 0.373. The van der Waals surface area contributed by atoms with Crippen molar-refractivity contribution in [1.82, 2.24) is 4.90 Å². The van der Waals surface area contributed by atoms with Gasteiger partial charge in [0.1, 0.15) is 5.76 Å². The summed E-state index contributed by atoms with van der Waals surface area (Å²) in [5.41, 5.74) is 2.14. The van der Waals surface area contributed by atoms with Gasteiger partial charge in [-0.1, -0.05) is 13.0 Å². The van der Waals surface area contributed by atoms with Gasteiger partial charge in [-0.3, -0.25) is 0 Å². The summed E-state index contributed by atoms with van der Waals surface area (Å²) in [5.74, 6) is 1.25. The molecule has 1 aliphatic rings. The van der Waals surface area contributed by atoms with Crippen LogP contribution in [0.25, 0.3) is 0 Å². The Morgan fingerprint density at radius 3 is 2.76 bits per heavy atom. The van der Waals surface area contributed by atoms with Crippen molar-refractivity contribution in [2.45, 2.75) is 20.8 Å². The highest BCUT2D eigenvalue weighted by Crippen LogP contribution is 2.22. The second-order valence-corrected chi connectivity index (χ2v) is 4.33. The number of methoxy groups -OCH3 is 1. The van der Waals surface area contributed by atoms with E-state index < -0.39 is 0 Å². The van der Waals surface area contributed by atoms with E-state index in [1.54, 1.807) is 7.11 Å². The van der Waals surface area contributed by atoms with E-state index in [4.69, 9.17) is 4.74 Å². The molecule has 1 rings (SSSR count). The molecular formula is C14H22N2O. The van der Waals surface area contributed by atoms with Gasteiger partial charge in [-0.05, 0) is 31.4 Å². The number of rotatable bonds is 4. The molecule has 0 aliphatic heterocycles. The van der Waals surface area contributed by atoms with E-state index in [2.05, 4.69) is 37.9 Å². The quantitative estimate of drug-likeness (QED) is 0.552. The first kappa shape index (κ1) is 13.6. The van der Waals surface area contributed by atoms with Crippen molar-refractivity contribution in [3.8, 4) is 0 Å². The molecule has 0 fully saturated rings. The lowest BCUT2D eigenvalue weighted by atomic mass is 10.1. The van der Waals surface area contributed by atoms with Gasteiger partial charge in [0.2, 0.25) is 0 Å². The van der Waals surface area contributed by atoms with Crippen LogP contribution in [0.1, 0.15) is 20.8 Å². The van der Waals surface area contributed by atoms with E-state index >= 15 is 0 Å². The van der Waals surface area contributed by atoms with Crippen molar-refractivity contribution in [3.63, 3.8) is 0 Å². The molecule has 0 aromatic rings. The lowest BCUT2D eigenvalue weighted by molar-refractivity contribution is 0.304. The predicted molar refractivity (Wildman–Crippen MR) is 72.9 cm³/mol. The summed E-state index contributed by atoms with van der Waals surface area (Å²) in [4.78, 5) is 6.54. The fourth-order valence-electron chi connectivity index (χ4n) is 1.59. The van der Waals surface area contributed by atoms with Crippen LogP contribution in [0.15, 0.2) is 40.2 Å². The Hall–Kier alpha value is -1.51. The number of hydrogen-bond acceptors (Lipinski definition) is 2. The smallest absolute Gasteiger partial charge is 0.117 e. The molecule has 94 valence electrons. The van der Waals surface area contributed by atoms with Crippen LogP contribution in [0, 0.1) is 5.92 Å². The molecule has 1 atom stereocenters. The van der Waals surface area contributed by atoms with Gasteiger partial charge in [-0.2, -0.15) is 0 Å². The topological polar surface area (TPSA) is 24.8 Å². The van der Waals surface area contributed by atoms with Gasteiger partial charge in [-0.25, -0.2) is 4.99 Å². The lowest BCUT2D eigenvalue weighted by Gasteiger charge is -2.09. The summed E-state index contributed by atoms with van der Waals surface area (Å²) in [6.45, 7) is 7.26. The summed E-state index contributed by atoms with van der Waals surface area (Å²) >= 11 is 0. The molecule has 0 heterocycles. The highest BCUT2D eigenvalue weighted by molar-refractivity contribution is 5.58. The first-order valence-corrected chi connectivity index (χ1v) is 5.97. The number of ether oxygens (including phenoxy) is 1. The highest BCUT2D eigenvalue weighted by Gasteiger charge is 2.08. The second-order valence-electron chi connectivity index (χ2n) is 4.33. The third-order valence-corrected chi connectivity index (χ3v) is 2.75. The Bertz CT molecular complexity index is 378. The summed E-state index contributed by atoms with van der Waals surface area (Å²) in [6, 6.07) is 0. The van der Waals surface area contributed by atoms with E-state index in [-0.39, 0.29) is 0 Å². The molecular weight excluding hydrogens is 212 g/mol. The lowest BCUT2D eigenvalue weighted by Crippen LogP contribution is -2.14. The normalized spacial score (nSPS) is 20.5. The molecule has 0 aromatic carbocycles. The fraction of sp³-hybridized carbons (Fsp3) is 0.500. The molecule has 0 amide bonds. The summed E-state index contributed by atoms with van der Waals surface area (Å²) in [7, 11) is 3.70. The van der Waals surface area contributed by atoms with Crippen molar-refractivity contribution in [2.24, 2.45) is 10.9 Å². The first-order valence-electron chi connectivity index (χ1n) is 5.97. The minimum absolute atomic E-state index is 0.373. The maximum atomic E-state index is 5.32. The van der Waals surface area contributed by atoms with Crippen LogP contribution in [0.3, 0.4) is 0 Å². The van der Waals surface area contributed by atoms with Gasteiger partial charge < -0.3 is 9.64 Å². The third-order valence-electron chi connectivity index (χ3n) is 2.75. The van der Waals surface area contributed by atoms with Crippen molar-refractivity contribution in [2.75, 3.05) is 20.7 Å². The highest BCUT2D eigenvalue weighted by atomic mass is 16.5. The zero-order valence-corrected chi connectivity index (χ0v) is 11.4. The van der Waals surface area contributed by atoms with Crippen molar-refractivity contribution in [1.29, 1.82) is 0 Å². The summed E-state index contributed by atoms with van der Waals surface area (Å²) in [6.07, 6.45) is 8.12. The van der Waals surface area contributed by atoms with Gasteiger partial charge in [0.25, 0.3) is 0 Å². The number of nitrogens with zero attached hydrogens (tertiary/aromatic N) is 2. The van der Waals surface area contributed by atoms with E-state index in [1.807, 2.05) is 24.4 Å². The molecule has 0 radical (unpaired) electrons. The predicted octanol–water partition coefficient (Wildman–Crippen LogP) is 2.98. The van der Waals surface area contributed by atoms with E-state index in [1.165, 1.54) is 5.57 Å². The average molecular weight is 234 g/mol. The molecule has 3 heteroatoms. The van der Waals surface area contributed by atoms with Gasteiger partial charge in [-0.15, -0.1) is 0 Å². The third kappa shape index (κ3) is 4.10. The zero-order chi connectivity index (χ0) is 12.8. The zero-order valence-electron chi connectivity index (χ0n) is 11.4. The van der Waals surface area contributed by atoms with Crippen LogP contribution in [-0.4, -0.2) is 31.9 Å². The Balaban J connectivity index is 2.95. The van der Waals surface area contributed by atoms with Crippen molar-refractivity contribution < 1.29 is 4.74 Å². The van der Waals surface area contributed by atoms with Crippen LogP contribution < -0.4 is 0 Å². The fourth-order valence-corrected chi connectivity index (χ4v) is 1.59. The monoisotopic (exact) mass is 234 g/mol. The summed E-state index contributed by atoms with van der Waals surface area (Å²) in [5, 5.41) is 0. The summed E-state index contributed by atoms with van der Waals surface area (Å²) < 4.78 is 5.32. The van der Waals surface area contributed by atoms with Gasteiger partial charge in [0.05, 0.1) is 19.1 Å². The van der Waals surface area contributed by atoms with Crippen LogP contribution in [0.4, 0.5) is 0 Å². The standard InChI is InChI=1S/C14H22N2O/c1-6-16(4)10-15-14-9-13(17-5)8-11(2)7-12(14)3/h7-11H,6H2,1-5H3. The Morgan fingerprint density at radius 1 is 1.47 bits per heavy atom. The van der Waals surface area contributed by atoms with Crippen molar-refractivity contribution >= 4 is 6.34 Å². The van der Waals surface area contributed by atoms with Gasteiger partial charge >= 0.3 is 0 Å². The Labute approximate surface area is 104 Å². The molecule has 0 aromatic heterocycles. The molecule has 17 heavy (non-hydrogen) atoms. The average Bonchev–Trinajstić information content (AvgIpc) is 2.44. The molecule has 0 bridgehead atoms. The second kappa shape index (κ2) is 6.28. The molecule has 0 N–H and O–H groups in total. The van der Waals surface area contributed by atoms with Crippen LogP contribution in [-0.2, 0) is 4.74 Å². The SMILES string of the molecule is CCN(C)C=NC1=CC(OC)=CC(C)C=C1C. The maximum absolute atomic E-state index is 5.32. The van der Waals surface area contributed by atoms with Crippen molar-refractivity contribution in [3.05, 3.63) is 35.3 Å².